The number of aliphatic hydroxyl groups is 2. The fourth-order valence-corrected chi connectivity index (χ4v) is 2.00. The highest BCUT2D eigenvalue weighted by molar-refractivity contribution is 6.08. The third-order valence-electron chi connectivity index (χ3n) is 3.38. The van der Waals surface area contributed by atoms with Gasteiger partial charge in [-0.15, -0.1) is 0 Å². The van der Waals surface area contributed by atoms with E-state index in [4.69, 9.17) is 19.7 Å². The molecule has 1 rings (SSSR count). The van der Waals surface area contributed by atoms with E-state index in [1.54, 1.807) is 0 Å². The lowest BCUT2D eigenvalue weighted by Crippen LogP contribution is -2.16. The molecule has 6 N–H and O–H groups in total. The van der Waals surface area contributed by atoms with Crippen molar-refractivity contribution in [1.29, 1.82) is 0 Å². The summed E-state index contributed by atoms with van der Waals surface area (Å²) >= 11 is 0. The number of esters is 2. The zero-order valence-corrected chi connectivity index (χ0v) is 14.0. The molecule has 146 valence electrons. The van der Waals surface area contributed by atoms with Crippen molar-refractivity contribution in [2.45, 2.75) is 25.7 Å². The van der Waals surface area contributed by atoms with Gasteiger partial charge in [-0.2, -0.15) is 0 Å². The fourth-order valence-electron chi connectivity index (χ4n) is 2.00. The van der Waals surface area contributed by atoms with Crippen LogP contribution in [0.15, 0.2) is 0 Å². The first-order chi connectivity index (χ1) is 12.4. The summed E-state index contributed by atoms with van der Waals surface area (Å²) in [6.45, 7) is -0.525. The van der Waals surface area contributed by atoms with Gasteiger partial charge < -0.3 is 40.1 Å². The van der Waals surface area contributed by atoms with E-state index in [0.29, 0.717) is 25.7 Å². The van der Waals surface area contributed by atoms with Crippen LogP contribution in [0.2, 0.25) is 0 Å². The number of hydrogen-bond donors (Lipinski definition) is 6. The maximum atomic E-state index is 12.2. The maximum Gasteiger partial charge on any atom is 0.343 e. The molecule has 0 spiro atoms. The van der Waals surface area contributed by atoms with Crippen LogP contribution in [-0.4, -0.2) is 69.0 Å². The van der Waals surface area contributed by atoms with Crippen LogP contribution in [0.4, 0.5) is 0 Å². The molecule has 0 amide bonds. The molecule has 0 radical (unpaired) electrons. The van der Waals surface area contributed by atoms with Gasteiger partial charge in [0.2, 0.25) is 11.5 Å². The number of aliphatic hydroxyl groups excluding tert-OH is 2. The third kappa shape index (κ3) is 5.14. The van der Waals surface area contributed by atoms with E-state index in [-0.39, 0.29) is 26.4 Å². The highest BCUT2D eigenvalue weighted by atomic mass is 16.5. The lowest BCUT2D eigenvalue weighted by atomic mass is 10.0. The van der Waals surface area contributed by atoms with Crippen molar-refractivity contribution in [1.82, 2.24) is 0 Å². The Balaban J connectivity index is 3.13. The Labute approximate surface area is 148 Å². The molecule has 0 saturated heterocycles. The molecular formula is C16H22O10. The smallest absolute Gasteiger partial charge is 0.343 e. The third-order valence-corrected chi connectivity index (χ3v) is 3.38. The number of aromatic hydroxyl groups is 4. The van der Waals surface area contributed by atoms with Crippen molar-refractivity contribution in [2.75, 3.05) is 26.4 Å². The van der Waals surface area contributed by atoms with Gasteiger partial charge in [0.25, 0.3) is 0 Å². The topological polar surface area (TPSA) is 174 Å². The maximum absolute atomic E-state index is 12.2. The number of phenols is 4. The zero-order valence-electron chi connectivity index (χ0n) is 14.0. The summed E-state index contributed by atoms with van der Waals surface area (Å²) in [6.07, 6.45) is 1.32. The Kier molecular flexibility index (Phi) is 8.46. The molecule has 0 saturated carbocycles. The predicted octanol–water partition coefficient (Wildman–Crippen LogP) is 0.368. The first-order valence-corrected chi connectivity index (χ1v) is 7.92. The largest absolute Gasteiger partial charge is 0.504 e. The van der Waals surface area contributed by atoms with Crippen molar-refractivity contribution in [3.05, 3.63) is 11.1 Å². The van der Waals surface area contributed by atoms with Gasteiger partial charge in [-0.1, -0.05) is 0 Å². The first kappa shape index (κ1) is 21.3. The highest BCUT2D eigenvalue weighted by Crippen LogP contribution is 2.47. The van der Waals surface area contributed by atoms with Crippen molar-refractivity contribution >= 4 is 11.9 Å². The monoisotopic (exact) mass is 374 g/mol. The number of carbonyl (C=O) groups excluding carboxylic acids is 2. The molecule has 0 unspecified atom stereocenters. The number of ether oxygens (including phenoxy) is 2. The van der Waals surface area contributed by atoms with E-state index < -0.39 is 46.1 Å². The standard InChI is InChI=1S/C16H22O10/c17-5-1-3-7-25-15(23)9-10(16(24)26-8-4-2-6-18)12(20)14(22)13(21)11(9)19/h17-22H,1-8H2. The number of rotatable bonds is 10. The summed E-state index contributed by atoms with van der Waals surface area (Å²) in [5.74, 6) is -7.13. The number of benzene rings is 1. The van der Waals surface area contributed by atoms with E-state index in [9.17, 15) is 30.0 Å². The highest BCUT2D eigenvalue weighted by Gasteiger charge is 2.33. The SMILES string of the molecule is O=C(OCCCCO)c1c(O)c(O)c(O)c(O)c1C(=O)OCCCCO. The molecule has 0 fully saturated rings. The van der Waals surface area contributed by atoms with Crippen LogP contribution in [0, 0.1) is 0 Å². The second kappa shape index (κ2) is 10.3. The molecule has 0 bridgehead atoms. The number of unbranched alkanes of at least 4 members (excludes halogenated alkanes) is 2. The van der Waals surface area contributed by atoms with Crippen molar-refractivity contribution in [2.24, 2.45) is 0 Å². The molecule has 1 aromatic carbocycles. The first-order valence-electron chi connectivity index (χ1n) is 7.92. The minimum Gasteiger partial charge on any atom is -0.504 e. The van der Waals surface area contributed by atoms with Crippen molar-refractivity contribution in [3.8, 4) is 23.0 Å². The Hall–Kier alpha value is -2.72. The van der Waals surface area contributed by atoms with Crippen LogP contribution >= 0.6 is 0 Å². The fraction of sp³-hybridized carbons (Fsp3) is 0.500. The van der Waals surface area contributed by atoms with Gasteiger partial charge in [-0.3, -0.25) is 0 Å². The van der Waals surface area contributed by atoms with Crippen LogP contribution in [0.1, 0.15) is 46.4 Å². The lowest BCUT2D eigenvalue weighted by Gasteiger charge is -2.15. The van der Waals surface area contributed by atoms with Crippen LogP contribution in [0.25, 0.3) is 0 Å². The molecule has 0 aliphatic heterocycles. The Morgan fingerprint density at radius 3 is 1.27 bits per heavy atom. The number of carbonyl (C=O) groups is 2. The minimum absolute atomic E-state index is 0.116. The van der Waals surface area contributed by atoms with Crippen LogP contribution in [0.5, 0.6) is 23.0 Å². The number of hydrogen-bond acceptors (Lipinski definition) is 10. The summed E-state index contributed by atoms with van der Waals surface area (Å²) in [4.78, 5) is 24.3. The Morgan fingerprint density at radius 1 is 0.615 bits per heavy atom. The van der Waals surface area contributed by atoms with E-state index >= 15 is 0 Å². The summed E-state index contributed by atoms with van der Waals surface area (Å²) in [7, 11) is 0. The van der Waals surface area contributed by atoms with Crippen LogP contribution in [-0.2, 0) is 9.47 Å². The molecule has 10 heteroatoms. The van der Waals surface area contributed by atoms with Gasteiger partial charge >= 0.3 is 11.9 Å². The second-order valence-corrected chi connectivity index (χ2v) is 5.28. The van der Waals surface area contributed by atoms with E-state index in [1.165, 1.54) is 0 Å². The van der Waals surface area contributed by atoms with Gasteiger partial charge in [0.05, 0.1) is 13.2 Å². The van der Waals surface area contributed by atoms with Gasteiger partial charge in [0.15, 0.2) is 11.5 Å². The normalized spacial score (nSPS) is 10.5. The van der Waals surface area contributed by atoms with Crippen LogP contribution < -0.4 is 0 Å². The van der Waals surface area contributed by atoms with Crippen molar-refractivity contribution in [3.63, 3.8) is 0 Å². The molecule has 0 atom stereocenters. The molecule has 10 nitrogen and oxygen atoms in total. The average molecular weight is 374 g/mol. The average Bonchev–Trinajstić information content (AvgIpc) is 2.63. The zero-order chi connectivity index (χ0) is 19.7. The molecule has 26 heavy (non-hydrogen) atoms. The van der Waals surface area contributed by atoms with E-state index in [0.717, 1.165) is 0 Å². The van der Waals surface area contributed by atoms with Gasteiger partial charge in [-0.05, 0) is 25.7 Å². The molecule has 1 aromatic rings. The Morgan fingerprint density at radius 2 is 0.962 bits per heavy atom. The predicted molar refractivity (Wildman–Crippen MR) is 86.3 cm³/mol. The molecule has 0 aromatic heterocycles. The molecule has 0 aliphatic carbocycles. The van der Waals surface area contributed by atoms with E-state index in [1.807, 2.05) is 0 Å². The molecule has 0 aliphatic rings. The van der Waals surface area contributed by atoms with Crippen LogP contribution in [0.3, 0.4) is 0 Å². The lowest BCUT2D eigenvalue weighted by molar-refractivity contribution is 0.0438. The number of phenolic OH excluding ortho intramolecular Hbond substituents is 4. The van der Waals surface area contributed by atoms with Gasteiger partial charge in [0, 0.05) is 13.2 Å². The van der Waals surface area contributed by atoms with Gasteiger partial charge in [-0.25, -0.2) is 9.59 Å². The molecular weight excluding hydrogens is 352 g/mol. The quantitative estimate of drug-likeness (QED) is 0.145. The van der Waals surface area contributed by atoms with Crippen molar-refractivity contribution < 1.29 is 49.7 Å². The second-order valence-electron chi connectivity index (χ2n) is 5.28. The summed E-state index contributed by atoms with van der Waals surface area (Å²) in [5, 5.41) is 56.4. The summed E-state index contributed by atoms with van der Waals surface area (Å²) in [6, 6.07) is 0. The Bertz CT molecular complexity index is 586. The summed E-state index contributed by atoms with van der Waals surface area (Å²) in [5.41, 5.74) is -1.71. The van der Waals surface area contributed by atoms with Gasteiger partial charge in [0.1, 0.15) is 11.1 Å². The minimum atomic E-state index is -1.23. The van der Waals surface area contributed by atoms with E-state index in [2.05, 4.69) is 0 Å². The summed E-state index contributed by atoms with van der Waals surface area (Å²) < 4.78 is 9.68. The molecule has 0 heterocycles.